The first-order valence-corrected chi connectivity index (χ1v) is 12.1. The normalized spacial score (nSPS) is 11.5. The lowest BCUT2D eigenvalue weighted by atomic mass is 10.3. The Labute approximate surface area is 190 Å². The fourth-order valence-electron chi connectivity index (χ4n) is 2.85. The van der Waals surface area contributed by atoms with Crippen molar-refractivity contribution in [3.63, 3.8) is 0 Å². The third-order valence-electron chi connectivity index (χ3n) is 4.42. The van der Waals surface area contributed by atoms with Gasteiger partial charge >= 0.3 is 0 Å². The first-order chi connectivity index (χ1) is 15.6. The molecule has 0 aliphatic heterocycles. The Balaban J connectivity index is 1.85. The van der Waals surface area contributed by atoms with Crippen molar-refractivity contribution >= 4 is 37.1 Å². The summed E-state index contributed by atoms with van der Waals surface area (Å²) in [5.74, 6) is 0.682. The third kappa shape index (κ3) is 5.32. The van der Waals surface area contributed by atoms with Gasteiger partial charge in [0, 0.05) is 17.8 Å². The number of nitrogens with zero attached hydrogens (tertiary/aromatic N) is 1. The largest absolute Gasteiger partial charge is 0.497 e. The number of nitrogens with one attached hydrogen (secondary N) is 2. The van der Waals surface area contributed by atoms with Gasteiger partial charge in [0.2, 0.25) is 0 Å². The number of rotatable bonds is 9. The Morgan fingerprint density at radius 1 is 0.818 bits per heavy atom. The molecule has 0 fully saturated rings. The molecule has 0 aromatic heterocycles. The molecule has 0 bridgehead atoms. The van der Waals surface area contributed by atoms with E-state index in [1.54, 1.807) is 6.07 Å². The van der Waals surface area contributed by atoms with Crippen molar-refractivity contribution in [2.45, 2.75) is 9.79 Å². The molecular weight excluding hydrogens is 474 g/mol. The minimum Gasteiger partial charge on any atom is -0.497 e. The van der Waals surface area contributed by atoms with E-state index in [0.717, 1.165) is 12.1 Å². The summed E-state index contributed by atoms with van der Waals surface area (Å²) in [6.45, 7) is 0. The standard InChI is InChI=1S/C20H19N3O8S2/c1-30-15-9-12-19(31-2)17(13-15)22-32(26,27)16-10-7-14(8-11-16)21-33(28,29)20-6-4-3-5-18(20)23(24)25/h3-13,21-22H,1-2H3. The molecule has 3 rings (SSSR count). The van der Waals surface area contributed by atoms with Crippen LogP contribution in [-0.2, 0) is 20.0 Å². The molecule has 0 unspecified atom stereocenters. The number of nitro groups is 1. The molecule has 0 aliphatic rings. The molecular formula is C20H19N3O8S2. The van der Waals surface area contributed by atoms with E-state index in [0.29, 0.717) is 5.75 Å². The van der Waals surface area contributed by atoms with Crippen LogP contribution in [0.25, 0.3) is 0 Å². The lowest BCUT2D eigenvalue weighted by molar-refractivity contribution is -0.387. The summed E-state index contributed by atoms with van der Waals surface area (Å²) in [6.07, 6.45) is 0. The highest BCUT2D eigenvalue weighted by molar-refractivity contribution is 7.93. The molecule has 0 saturated carbocycles. The molecule has 0 heterocycles. The summed E-state index contributed by atoms with van der Waals surface area (Å²) in [4.78, 5) is 9.66. The van der Waals surface area contributed by atoms with Crippen molar-refractivity contribution in [2.75, 3.05) is 23.7 Å². The minimum absolute atomic E-state index is 0.0195. The van der Waals surface area contributed by atoms with Gasteiger partial charge in [-0.1, -0.05) is 12.1 Å². The van der Waals surface area contributed by atoms with Crippen molar-refractivity contribution in [3.8, 4) is 11.5 Å². The zero-order valence-electron chi connectivity index (χ0n) is 17.4. The van der Waals surface area contributed by atoms with Crippen LogP contribution in [-0.4, -0.2) is 36.0 Å². The quantitative estimate of drug-likeness (QED) is 0.340. The highest BCUT2D eigenvalue weighted by Crippen LogP contribution is 2.31. The van der Waals surface area contributed by atoms with Gasteiger partial charge in [0.1, 0.15) is 11.5 Å². The molecule has 0 atom stereocenters. The van der Waals surface area contributed by atoms with Crippen molar-refractivity contribution in [2.24, 2.45) is 0 Å². The zero-order valence-corrected chi connectivity index (χ0v) is 19.0. The van der Waals surface area contributed by atoms with Gasteiger partial charge in [0.15, 0.2) is 4.90 Å². The summed E-state index contributed by atoms with van der Waals surface area (Å²) in [6, 6.07) is 14.3. The van der Waals surface area contributed by atoms with Crippen molar-refractivity contribution < 1.29 is 31.2 Å². The molecule has 0 spiro atoms. The Bertz CT molecular complexity index is 1390. The fourth-order valence-corrected chi connectivity index (χ4v) is 5.14. The van der Waals surface area contributed by atoms with Crippen LogP contribution in [0.15, 0.2) is 76.5 Å². The molecule has 2 N–H and O–H groups in total. The van der Waals surface area contributed by atoms with E-state index in [2.05, 4.69) is 9.44 Å². The molecule has 3 aromatic rings. The van der Waals surface area contributed by atoms with Crippen molar-refractivity contribution in [1.82, 2.24) is 0 Å². The highest BCUT2D eigenvalue weighted by atomic mass is 32.2. The van der Waals surface area contributed by atoms with Gasteiger partial charge in [-0.25, -0.2) is 16.8 Å². The second-order valence-corrected chi connectivity index (χ2v) is 9.86. The lowest BCUT2D eigenvalue weighted by Crippen LogP contribution is -2.16. The molecule has 13 heteroatoms. The van der Waals surface area contributed by atoms with Crippen LogP contribution >= 0.6 is 0 Å². The van der Waals surface area contributed by atoms with Crippen LogP contribution < -0.4 is 18.9 Å². The van der Waals surface area contributed by atoms with Gasteiger partial charge in [-0.2, -0.15) is 0 Å². The van der Waals surface area contributed by atoms with Crippen LogP contribution in [0.1, 0.15) is 0 Å². The number of ether oxygens (including phenoxy) is 2. The third-order valence-corrected chi connectivity index (χ3v) is 7.23. The molecule has 0 aliphatic carbocycles. The maximum absolute atomic E-state index is 12.8. The average Bonchev–Trinajstić information content (AvgIpc) is 2.78. The Kier molecular flexibility index (Phi) is 6.74. The summed E-state index contributed by atoms with van der Waals surface area (Å²) >= 11 is 0. The van der Waals surface area contributed by atoms with Gasteiger partial charge in [-0.05, 0) is 42.5 Å². The number of anilines is 2. The molecule has 174 valence electrons. The van der Waals surface area contributed by atoms with Crippen molar-refractivity contribution in [3.05, 3.63) is 76.8 Å². The fraction of sp³-hybridized carbons (Fsp3) is 0.100. The van der Waals surface area contributed by atoms with E-state index >= 15 is 0 Å². The smallest absolute Gasteiger partial charge is 0.289 e. The van der Waals surface area contributed by atoms with Gasteiger partial charge in [0.25, 0.3) is 25.7 Å². The number of sulfonamides is 2. The maximum Gasteiger partial charge on any atom is 0.289 e. The van der Waals surface area contributed by atoms with Crippen LogP contribution in [0.2, 0.25) is 0 Å². The summed E-state index contributed by atoms with van der Waals surface area (Å²) in [5.41, 5.74) is -0.412. The molecule has 0 amide bonds. The number of hydrogen-bond acceptors (Lipinski definition) is 8. The van der Waals surface area contributed by atoms with Crippen LogP contribution in [0.5, 0.6) is 11.5 Å². The van der Waals surface area contributed by atoms with Crippen LogP contribution in [0.3, 0.4) is 0 Å². The molecule has 0 saturated heterocycles. The Hall–Kier alpha value is -3.84. The molecule has 33 heavy (non-hydrogen) atoms. The minimum atomic E-state index is -4.29. The Morgan fingerprint density at radius 3 is 2.09 bits per heavy atom. The molecule has 11 nitrogen and oxygen atoms in total. The highest BCUT2D eigenvalue weighted by Gasteiger charge is 2.25. The summed E-state index contributed by atoms with van der Waals surface area (Å²) in [5, 5.41) is 11.1. The van der Waals surface area contributed by atoms with E-state index in [9.17, 15) is 26.9 Å². The van der Waals surface area contributed by atoms with Gasteiger partial charge in [-0.3, -0.25) is 19.6 Å². The Morgan fingerprint density at radius 2 is 1.48 bits per heavy atom. The lowest BCUT2D eigenvalue weighted by Gasteiger charge is -2.13. The molecule has 3 aromatic carbocycles. The van der Waals surface area contributed by atoms with E-state index < -0.39 is 35.6 Å². The van der Waals surface area contributed by atoms with Gasteiger partial charge < -0.3 is 9.47 Å². The number of hydrogen-bond donors (Lipinski definition) is 2. The topological polar surface area (TPSA) is 154 Å². The van der Waals surface area contributed by atoms with Gasteiger partial charge in [-0.15, -0.1) is 0 Å². The predicted molar refractivity (Wildman–Crippen MR) is 121 cm³/mol. The van der Waals surface area contributed by atoms with E-state index in [-0.39, 0.29) is 22.0 Å². The first kappa shape index (κ1) is 23.8. The summed E-state index contributed by atoms with van der Waals surface area (Å²) in [7, 11) is -5.52. The maximum atomic E-state index is 12.8. The monoisotopic (exact) mass is 493 g/mol. The van der Waals surface area contributed by atoms with Crippen LogP contribution in [0.4, 0.5) is 17.1 Å². The second kappa shape index (κ2) is 9.34. The van der Waals surface area contributed by atoms with Gasteiger partial charge in [0.05, 0.1) is 29.7 Å². The number of para-hydroxylation sites is 1. The predicted octanol–water partition coefficient (Wildman–Crippen LogP) is 3.21. The second-order valence-electron chi connectivity index (χ2n) is 6.53. The first-order valence-electron chi connectivity index (χ1n) is 9.18. The van der Waals surface area contributed by atoms with Crippen molar-refractivity contribution in [1.29, 1.82) is 0 Å². The number of benzene rings is 3. The number of nitro benzene ring substituents is 1. The average molecular weight is 494 g/mol. The van der Waals surface area contributed by atoms with E-state index in [4.69, 9.17) is 9.47 Å². The van der Waals surface area contributed by atoms with E-state index in [1.807, 2.05) is 0 Å². The SMILES string of the molecule is COc1ccc(OC)c(NS(=O)(=O)c2ccc(NS(=O)(=O)c3ccccc3[N+](=O)[O-])cc2)c1. The number of methoxy groups -OCH3 is 2. The van der Waals surface area contributed by atoms with E-state index in [1.165, 1.54) is 62.8 Å². The zero-order chi connectivity index (χ0) is 24.2. The molecule has 0 radical (unpaired) electrons. The summed E-state index contributed by atoms with van der Waals surface area (Å²) < 4.78 is 65.7. The van der Waals surface area contributed by atoms with Crippen LogP contribution in [0, 0.1) is 10.1 Å².